The number of anilines is 2. The SMILES string of the molecule is NC(=O)[C@H]1CN(c2ccc(C(F)(F)F)nc2)C(=O)N1c1cncc2ccccc12. The zero-order valence-electron chi connectivity index (χ0n) is 14.8. The number of nitrogens with zero attached hydrogens (tertiary/aromatic N) is 4. The second-order valence-electron chi connectivity index (χ2n) is 6.46. The number of primary amides is 1. The topological polar surface area (TPSA) is 92.4 Å². The largest absolute Gasteiger partial charge is 0.433 e. The van der Waals surface area contributed by atoms with Crippen molar-refractivity contribution in [3.8, 4) is 0 Å². The molecule has 1 aliphatic heterocycles. The standard InChI is InChI=1S/C19H14F3N5O2/c20-19(21,22)16-6-5-12(8-25-16)26-10-15(17(23)28)27(18(26)29)14-9-24-7-11-3-1-2-4-13(11)14/h1-9,15H,10H2,(H2,23,28)/t15-/m1/s1. The van der Waals surface area contributed by atoms with Gasteiger partial charge < -0.3 is 5.73 Å². The Bertz CT molecular complexity index is 1100. The van der Waals surface area contributed by atoms with Crippen LogP contribution in [0.3, 0.4) is 0 Å². The van der Waals surface area contributed by atoms with Gasteiger partial charge in [0.1, 0.15) is 11.7 Å². The molecule has 4 rings (SSSR count). The molecule has 1 aliphatic rings. The number of benzene rings is 1. The first kappa shape index (κ1) is 18.7. The van der Waals surface area contributed by atoms with E-state index in [4.69, 9.17) is 5.73 Å². The third kappa shape index (κ3) is 3.22. The van der Waals surface area contributed by atoms with Crippen molar-refractivity contribution in [1.82, 2.24) is 9.97 Å². The number of hydrogen-bond donors (Lipinski definition) is 1. The van der Waals surface area contributed by atoms with Gasteiger partial charge in [0.2, 0.25) is 5.91 Å². The highest BCUT2D eigenvalue weighted by molar-refractivity contribution is 6.15. The lowest BCUT2D eigenvalue weighted by atomic mass is 10.1. The summed E-state index contributed by atoms with van der Waals surface area (Å²) in [6, 6.07) is 7.48. The molecule has 1 aromatic carbocycles. The van der Waals surface area contributed by atoms with E-state index in [-0.39, 0.29) is 12.2 Å². The van der Waals surface area contributed by atoms with Crippen molar-refractivity contribution in [3.63, 3.8) is 0 Å². The number of urea groups is 1. The number of alkyl halides is 3. The molecule has 2 aromatic heterocycles. The Balaban J connectivity index is 1.75. The second-order valence-corrected chi connectivity index (χ2v) is 6.46. The van der Waals surface area contributed by atoms with Crippen LogP contribution >= 0.6 is 0 Å². The minimum Gasteiger partial charge on any atom is -0.368 e. The molecule has 148 valence electrons. The van der Waals surface area contributed by atoms with Crippen molar-refractivity contribution in [2.24, 2.45) is 5.73 Å². The first-order valence-corrected chi connectivity index (χ1v) is 8.53. The first-order chi connectivity index (χ1) is 13.8. The van der Waals surface area contributed by atoms with Crippen LogP contribution < -0.4 is 15.5 Å². The number of nitrogens with two attached hydrogens (primary N) is 1. The number of amides is 3. The quantitative estimate of drug-likeness (QED) is 0.730. The van der Waals surface area contributed by atoms with Gasteiger partial charge in [-0.1, -0.05) is 24.3 Å². The van der Waals surface area contributed by atoms with Crippen molar-refractivity contribution in [2.75, 3.05) is 16.3 Å². The van der Waals surface area contributed by atoms with Crippen molar-refractivity contribution in [2.45, 2.75) is 12.2 Å². The summed E-state index contributed by atoms with van der Waals surface area (Å²) in [7, 11) is 0. The molecule has 10 heteroatoms. The summed E-state index contributed by atoms with van der Waals surface area (Å²) in [5.41, 5.74) is 4.95. The van der Waals surface area contributed by atoms with Crippen LogP contribution in [0, 0.1) is 0 Å². The Morgan fingerprint density at radius 3 is 2.52 bits per heavy atom. The van der Waals surface area contributed by atoms with Gasteiger partial charge in [0, 0.05) is 17.0 Å². The van der Waals surface area contributed by atoms with E-state index in [9.17, 15) is 22.8 Å². The summed E-state index contributed by atoms with van der Waals surface area (Å²) in [5.74, 6) is -0.742. The number of aromatic nitrogens is 2. The molecule has 0 radical (unpaired) electrons. The van der Waals surface area contributed by atoms with Gasteiger partial charge in [0.15, 0.2) is 0 Å². The monoisotopic (exact) mass is 401 g/mol. The zero-order valence-corrected chi connectivity index (χ0v) is 14.8. The van der Waals surface area contributed by atoms with Crippen LogP contribution in [0.25, 0.3) is 10.8 Å². The molecule has 3 amide bonds. The van der Waals surface area contributed by atoms with Gasteiger partial charge >= 0.3 is 12.2 Å². The van der Waals surface area contributed by atoms with Gasteiger partial charge in [0.05, 0.1) is 30.3 Å². The zero-order chi connectivity index (χ0) is 20.8. The molecule has 1 saturated heterocycles. The van der Waals surface area contributed by atoms with E-state index < -0.39 is 29.9 Å². The molecular formula is C19H14F3N5O2. The van der Waals surface area contributed by atoms with Crippen molar-refractivity contribution < 1.29 is 22.8 Å². The minimum atomic E-state index is -4.59. The smallest absolute Gasteiger partial charge is 0.368 e. The maximum absolute atomic E-state index is 13.1. The highest BCUT2D eigenvalue weighted by atomic mass is 19.4. The van der Waals surface area contributed by atoms with Crippen LogP contribution in [0.2, 0.25) is 0 Å². The number of carbonyl (C=O) groups excluding carboxylic acids is 2. The van der Waals surface area contributed by atoms with E-state index in [0.29, 0.717) is 11.1 Å². The minimum absolute atomic E-state index is 0.121. The number of hydrogen-bond acceptors (Lipinski definition) is 4. The highest BCUT2D eigenvalue weighted by Crippen LogP contribution is 2.34. The number of fused-ring (bicyclic) bond motifs is 1. The van der Waals surface area contributed by atoms with E-state index in [1.807, 2.05) is 12.1 Å². The summed E-state index contributed by atoms with van der Waals surface area (Å²) in [6.45, 7) is -0.121. The maximum Gasteiger partial charge on any atom is 0.433 e. The summed E-state index contributed by atoms with van der Waals surface area (Å²) in [4.78, 5) is 35.0. The molecule has 3 aromatic rings. The Morgan fingerprint density at radius 2 is 1.86 bits per heavy atom. The van der Waals surface area contributed by atoms with Gasteiger partial charge in [-0.3, -0.25) is 19.6 Å². The lowest BCUT2D eigenvalue weighted by Gasteiger charge is -2.22. The molecule has 0 unspecified atom stereocenters. The van der Waals surface area contributed by atoms with Crippen LogP contribution in [0.4, 0.5) is 29.3 Å². The summed E-state index contributed by atoms with van der Waals surface area (Å²) in [5, 5.41) is 1.45. The molecule has 1 fully saturated rings. The molecule has 29 heavy (non-hydrogen) atoms. The molecule has 0 spiro atoms. The predicted octanol–water partition coefficient (Wildman–Crippen LogP) is 2.95. The normalized spacial score (nSPS) is 17.2. The Kier molecular flexibility index (Phi) is 4.33. The van der Waals surface area contributed by atoms with Crippen LogP contribution in [0.15, 0.2) is 55.0 Å². The number of rotatable bonds is 3. The number of carbonyl (C=O) groups is 2. The molecule has 2 N–H and O–H groups in total. The Morgan fingerprint density at radius 1 is 1.10 bits per heavy atom. The second kappa shape index (κ2) is 6.73. The molecule has 7 nitrogen and oxygen atoms in total. The Hall–Kier alpha value is -3.69. The van der Waals surface area contributed by atoms with Crippen LogP contribution in [-0.4, -0.2) is 34.5 Å². The van der Waals surface area contributed by atoms with Gasteiger partial charge in [-0.25, -0.2) is 9.78 Å². The fourth-order valence-electron chi connectivity index (χ4n) is 3.31. The number of halogens is 3. The number of pyridine rings is 2. The Labute approximate surface area is 162 Å². The average molecular weight is 401 g/mol. The fourth-order valence-corrected chi connectivity index (χ4v) is 3.31. The van der Waals surface area contributed by atoms with Crippen molar-refractivity contribution in [1.29, 1.82) is 0 Å². The molecule has 0 saturated carbocycles. The van der Waals surface area contributed by atoms with E-state index >= 15 is 0 Å². The molecule has 3 heterocycles. The summed E-state index contributed by atoms with van der Waals surface area (Å²) in [6.07, 6.45) is -0.575. The van der Waals surface area contributed by atoms with Crippen molar-refractivity contribution >= 4 is 34.1 Å². The van der Waals surface area contributed by atoms with Gasteiger partial charge in [-0.2, -0.15) is 13.2 Å². The van der Waals surface area contributed by atoms with E-state index in [1.54, 1.807) is 18.3 Å². The lowest BCUT2D eigenvalue weighted by Crippen LogP contribution is -2.43. The van der Waals surface area contributed by atoms with E-state index in [0.717, 1.165) is 23.7 Å². The van der Waals surface area contributed by atoms with Crippen LogP contribution in [0.5, 0.6) is 0 Å². The molecular weight excluding hydrogens is 387 g/mol. The van der Waals surface area contributed by atoms with Gasteiger partial charge in [-0.05, 0) is 12.1 Å². The van der Waals surface area contributed by atoms with Crippen LogP contribution in [-0.2, 0) is 11.0 Å². The molecule has 0 aliphatic carbocycles. The van der Waals surface area contributed by atoms with E-state index in [1.165, 1.54) is 16.0 Å². The van der Waals surface area contributed by atoms with E-state index in [2.05, 4.69) is 9.97 Å². The van der Waals surface area contributed by atoms with Gasteiger partial charge in [0.25, 0.3) is 0 Å². The van der Waals surface area contributed by atoms with Gasteiger partial charge in [-0.15, -0.1) is 0 Å². The van der Waals surface area contributed by atoms with Crippen molar-refractivity contribution in [3.05, 3.63) is 60.7 Å². The molecule has 0 bridgehead atoms. The summed E-state index contributed by atoms with van der Waals surface area (Å²) >= 11 is 0. The third-order valence-electron chi connectivity index (χ3n) is 4.69. The average Bonchev–Trinajstić information content (AvgIpc) is 3.04. The maximum atomic E-state index is 13.1. The predicted molar refractivity (Wildman–Crippen MR) is 99.2 cm³/mol. The molecule has 1 atom stereocenters. The summed E-state index contributed by atoms with van der Waals surface area (Å²) < 4.78 is 38.3. The van der Waals surface area contributed by atoms with Crippen LogP contribution in [0.1, 0.15) is 5.69 Å². The highest BCUT2D eigenvalue weighted by Gasteiger charge is 2.43. The first-order valence-electron chi connectivity index (χ1n) is 8.53. The lowest BCUT2D eigenvalue weighted by molar-refractivity contribution is -0.141. The fraction of sp³-hybridized carbons (Fsp3) is 0.158. The third-order valence-corrected chi connectivity index (χ3v) is 4.69.